The molecule has 0 amide bonds. The monoisotopic (exact) mass is 286 g/mol. The summed E-state index contributed by atoms with van der Waals surface area (Å²) in [6, 6.07) is 6.19. The number of benzene rings is 1. The Hall–Kier alpha value is -0.700. The summed E-state index contributed by atoms with van der Waals surface area (Å²) >= 11 is 3.44. The topological polar surface area (TPSA) is 18.5 Å². The number of aryl methyl sites for hydroxylation is 1. The van der Waals surface area contributed by atoms with E-state index in [9.17, 15) is 0 Å². The second-order valence-electron chi connectivity index (χ2n) is 3.44. The fourth-order valence-corrected chi connectivity index (χ4v) is 1.80. The summed E-state index contributed by atoms with van der Waals surface area (Å²) in [6.07, 6.45) is 2.21. The first-order valence-electron chi connectivity index (χ1n) is 5.76. The van der Waals surface area contributed by atoms with E-state index in [1.54, 1.807) is 0 Å². The third-order valence-corrected chi connectivity index (χ3v) is 2.77. The van der Waals surface area contributed by atoms with E-state index in [1.807, 2.05) is 19.9 Å². The van der Waals surface area contributed by atoms with Gasteiger partial charge in [0.05, 0.1) is 13.2 Å². The lowest BCUT2D eigenvalue weighted by Crippen LogP contribution is -1.99. The molecule has 3 heteroatoms. The first kappa shape index (κ1) is 13.4. The molecule has 0 aliphatic carbocycles. The smallest absolute Gasteiger partial charge is 0.161 e. The molecule has 90 valence electrons. The Labute approximate surface area is 106 Å². The largest absolute Gasteiger partial charge is 0.490 e. The van der Waals surface area contributed by atoms with E-state index < -0.39 is 0 Å². The molecule has 0 saturated heterocycles. The van der Waals surface area contributed by atoms with Crippen LogP contribution < -0.4 is 9.47 Å². The Bertz CT molecular complexity index is 313. The lowest BCUT2D eigenvalue weighted by atomic mass is 10.1. The van der Waals surface area contributed by atoms with E-state index in [1.165, 1.54) is 5.56 Å². The molecule has 16 heavy (non-hydrogen) atoms. The maximum atomic E-state index is 5.57. The Balaban J connectivity index is 2.79. The van der Waals surface area contributed by atoms with Crippen LogP contribution in [0.4, 0.5) is 0 Å². The molecular formula is C13H19BrO2. The minimum atomic E-state index is 0.667. The van der Waals surface area contributed by atoms with Crippen LogP contribution in [0, 0.1) is 0 Å². The fourth-order valence-electron chi connectivity index (χ4n) is 1.52. The van der Waals surface area contributed by atoms with Gasteiger partial charge in [-0.25, -0.2) is 0 Å². The summed E-state index contributed by atoms with van der Waals surface area (Å²) in [5.41, 5.74) is 1.30. The van der Waals surface area contributed by atoms with Crippen LogP contribution in [0.3, 0.4) is 0 Å². The standard InChI is InChI=1S/C13H19BrO2/c1-3-15-12-8-7-11(6-5-9-14)10-13(12)16-4-2/h7-8,10H,3-6,9H2,1-2H3. The van der Waals surface area contributed by atoms with Gasteiger partial charge in [-0.1, -0.05) is 22.0 Å². The minimum absolute atomic E-state index is 0.667. The second-order valence-corrected chi connectivity index (χ2v) is 4.23. The molecule has 0 N–H and O–H groups in total. The normalized spacial score (nSPS) is 10.2. The van der Waals surface area contributed by atoms with E-state index >= 15 is 0 Å². The van der Waals surface area contributed by atoms with Gasteiger partial charge in [0, 0.05) is 5.33 Å². The first-order chi connectivity index (χ1) is 7.81. The minimum Gasteiger partial charge on any atom is -0.490 e. The number of hydrogen-bond donors (Lipinski definition) is 0. The molecule has 0 radical (unpaired) electrons. The van der Waals surface area contributed by atoms with E-state index in [2.05, 4.69) is 28.1 Å². The zero-order valence-corrected chi connectivity index (χ0v) is 11.5. The SMILES string of the molecule is CCOc1ccc(CCCBr)cc1OCC. The number of rotatable bonds is 7. The molecule has 0 unspecified atom stereocenters. The second kappa shape index (κ2) is 7.55. The summed E-state index contributed by atoms with van der Waals surface area (Å²) in [7, 11) is 0. The van der Waals surface area contributed by atoms with Crippen LogP contribution >= 0.6 is 15.9 Å². The molecule has 1 aromatic rings. The predicted molar refractivity (Wildman–Crippen MR) is 70.9 cm³/mol. The molecule has 0 bridgehead atoms. The van der Waals surface area contributed by atoms with Gasteiger partial charge < -0.3 is 9.47 Å². The van der Waals surface area contributed by atoms with Crippen LogP contribution in [-0.4, -0.2) is 18.5 Å². The highest BCUT2D eigenvalue weighted by molar-refractivity contribution is 9.09. The van der Waals surface area contributed by atoms with E-state index in [0.717, 1.165) is 29.7 Å². The van der Waals surface area contributed by atoms with Gasteiger partial charge >= 0.3 is 0 Å². The third kappa shape index (κ3) is 4.05. The molecular weight excluding hydrogens is 268 g/mol. The highest BCUT2D eigenvalue weighted by Crippen LogP contribution is 2.28. The molecule has 1 aromatic carbocycles. The van der Waals surface area contributed by atoms with E-state index in [4.69, 9.17) is 9.47 Å². The Kier molecular flexibility index (Phi) is 6.31. The van der Waals surface area contributed by atoms with Crippen molar-refractivity contribution >= 4 is 15.9 Å². The Morgan fingerprint density at radius 1 is 1.06 bits per heavy atom. The van der Waals surface area contributed by atoms with Crippen LogP contribution in [0.5, 0.6) is 11.5 Å². The quantitative estimate of drug-likeness (QED) is 0.710. The van der Waals surface area contributed by atoms with Gasteiger partial charge in [-0.15, -0.1) is 0 Å². The van der Waals surface area contributed by atoms with Crippen LogP contribution in [-0.2, 0) is 6.42 Å². The summed E-state index contributed by atoms with van der Waals surface area (Å²) in [6.45, 7) is 5.30. The van der Waals surface area contributed by atoms with Crippen molar-refractivity contribution in [2.24, 2.45) is 0 Å². The maximum Gasteiger partial charge on any atom is 0.161 e. The Morgan fingerprint density at radius 2 is 1.75 bits per heavy atom. The number of alkyl halides is 1. The van der Waals surface area contributed by atoms with Crippen molar-refractivity contribution in [3.63, 3.8) is 0 Å². The summed E-state index contributed by atoms with van der Waals surface area (Å²) in [5, 5.41) is 1.03. The van der Waals surface area contributed by atoms with Crippen molar-refractivity contribution in [2.45, 2.75) is 26.7 Å². The van der Waals surface area contributed by atoms with Crippen molar-refractivity contribution in [3.8, 4) is 11.5 Å². The third-order valence-electron chi connectivity index (χ3n) is 2.21. The van der Waals surface area contributed by atoms with E-state index in [0.29, 0.717) is 13.2 Å². The molecule has 0 atom stereocenters. The average Bonchev–Trinajstić information content (AvgIpc) is 2.30. The molecule has 2 nitrogen and oxygen atoms in total. The molecule has 0 spiro atoms. The molecule has 0 saturated carbocycles. The van der Waals surface area contributed by atoms with Gasteiger partial charge in [0.15, 0.2) is 11.5 Å². The molecule has 0 aromatic heterocycles. The first-order valence-corrected chi connectivity index (χ1v) is 6.88. The van der Waals surface area contributed by atoms with Crippen molar-refractivity contribution in [2.75, 3.05) is 18.5 Å². The molecule has 0 aliphatic rings. The number of halogens is 1. The van der Waals surface area contributed by atoms with Gasteiger partial charge in [-0.2, -0.15) is 0 Å². The fraction of sp³-hybridized carbons (Fsp3) is 0.538. The lowest BCUT2D eigenvalue weighted by Gasteiger charge is -2.12. The number of hydrogen-bond acceptors (Lipinski definition) is 2. The average molecular weight is 287 g/mol. The van der Waals surface area contributed by atoms with E-state index in [-0.39, 0.29) is 0 Å². The zero-order valence-electron chi connectivity index (χ0n) is 9.96. The van der Waals surface area contributed by atoms with Crippen LogP contribution in [0.2, 0.25) is 0 Å². The maximum absolute atomic E-state index is 5.57. The van der Waals surface area contributed by atoms with Crippen molar-refractivity contribution in [1.82, 2.24) is 0 Å². The number of ether oxygens (including phenoxy) is 2. The summed E-state index contributed by atoms with van der Waals surface area (Å²) in [4.78, 5) is 0. The van der Waals surface area contributed by atoms with Crippen molar-refractivity contribution < 1.29 is 9.47 Å². The van der Waals surface area contributed by atoms with Crippen molar-refractivity contribution in [1.29, 1.82) is 0 Å². The molecule has 0 heterocycles. The van der Waals surface area contributed by atoms with Gasteiger partial charge in [0.1, 0.15) is 0 Å². The highest BCUT2D eigenvalue weighted by atomic mass is 79.9. The predicted octanol–water partition coefficient (Wildman–Crippen LogP) is 3.81. The van der Waals surface area contributed by atoms with Gasteiger partial charge in [-0.3, -0.25) is 0 Å². The van der Waals surface area contributed by atoms with Crippen LogP contribution in [0.25, 0.3) is 0 Å². The Morgan fingerprint density at radius 3 is 2.38 bits per heavy atom. The summed E-state index contributed by atoms with van der Waals surface area (Å²) in [5.74, 6) is 1.70. The summed E-state index contributed by atoms with van der Waals surface area (Å²) < 4.78 is 11.1. The van der Waals surface area contributed by atoms with Gasteiger partial charge in [0.25, 0.3) is 0 Å². The van der Waals surface area contributed by atoms with Crippen molar-refractivity contribution in [3.05, 3.63) is 23.8 Å². The van der Waals surface area contributed by atoms with Crippen LogP contribution in [0.15, 0.2) is 18.2 Å². The lowest BCUT2D eigenvalue weighted by molar-refractivity contribution is 0.287. The molecule has 1 rings (SSSR count). The van der Waals surface area contributed by atoms with Gasteiger partial charge in [-0.05, 0) is 44.4 Å². The zero-order chi connectivity index (χ0) is 11.8. The highest BCUT2D eigenvalue weighted by Gasteiger charge is 2.05. The molecule has 0 aliphatic heterocycles. The van der Waals surface area contributed by atoms with Gasteiger partial charge in [0.2, 0.25) is 0 Å². The van der Waals surface area contributed by atoms with Crippen LogP contribution in [0.1, 0.15) is 25.8 Å². The molecule has 0 fully saturated rings.